The van der Waals surface area contributed by atoms with Gasteiger partial charge in [0.2, 0.25) is 0 Å². The van der Waals surface area contributed by atoms with Gasteiger partial charge in [-0.05, 0) is 38.5 Å². The van der Waals surface area contributed by atoms with E-state index < -0.39 is 74.3 Å². The number of carboxylic acids is 6. The number of carboxylic acid groups (broad SMARTS) is 6. The van der Waals surface area contributed by atoms with Crippen molar-refractivity contribution in [3.05, 3.63) is 0 Å². The van der Waals surface area contributed by atoms with E-state index in [1.165, 1.54) is 0 Å². The van der Waals surface area contributed by atoms with Gasteiger partial charge in [0.25, 0.3) is 0 Å². The molecule has 26 heavy (non-hydrogen) atoms. The van der Waals surface area contributed by atoms with Crippen molar-refractivity contribution in [3.8, 4) is 0 Å². The predicted molar refractivity (Wildman–Crippen MR) is 57.7 cm³/mol. The summed E-state index contributed by atoms with van der Waals surface area (Å²) in [6.45, 7) is 0. The molecule has 0 aromatic heterocycles. The fourth-order valence-electron chi connectivity index (χ4n) is 0.612. The van der Waals surface area contributed by atoms with Crippen molar-refractivity contribution in [3.63, 3.8) is 0 Å². The molecule has 2 radical (unpaired) electrons. The molecule has 0 bridgehead atoms. The third kappa shape index (κ3) is 56.6. The van der Waals surface area contributed by atoms with Crippen molar-refractivity contribution >= 4 is 35.8 Å². The Balaban J connectivity index is -0.0000000817. The smallest absolute Gasteiger partial charge is 0.550 e. The number of rotatable bonds is 9. The third-order valence-corrected chi connectivity index (χ3v) is 1.60. The van der Waals surface area contributed by atoms with Gasteiger partial charge in [-0.2, -0.15) is 0 Å². The summed E-state index contributed by atoms with van der Waals surface area (Å²) in [5.41, 5.74) is 0. The van der Waals surface area contributed by atoms with E-state index in [9.17, 15) is 59.4 Å². The number of hydrogen-bond acceptors (Lipinski definition) is 12. The van der Waals surface area contributed by atoms with E-state index in [0.29, 0.717) is 0 Å². The average molecular weight is 649 g/mol. The Morgan fingerprint density at radius 2 is 0.423 bits per heavy atom. The predicted octanol–water partition coefficient (Wildman–Crippen LogP) is -8.20. The van der Waals surface area contributed by atoms with Crippen LogP contribution in [-0.2, 0) is 28.8 Å². The number of carbonyl (C=O) groups is 6. The van der Waals surface area contributed by atoms with Crippen LogP contribution in [0.15, 0.2) is 0 Å². The molecule has 0 heterocycles. The van der Waals surface area contributed by atoms with Crippen LogP contribution in [0.5, 0.6) is 0 Å². The second kappa shape index (κ2) is 24.5. The molecule has 0 aliphatic heterocycles. The van der Waals surface area contributed by atoms with Crippen molar-refractivity contribution in [1.82, 2.24) is 0 Å². The van der Waals surface area contributed by atoms with Crippen LogP contribution in [0.2, 0.25) is 0 Å². The second-order valence-corrected chi connectivity index (χ2v) is 3.73. The van der Waals surface area contributed by atoms with Gasteiger partial charge in [-0.3, -0.25) is 0 Å². The van der Waals surface area contributed by atoms with Crippen LogP contribution in [0.25, 0.3) is 0 Å². The maximum atomic E-state index is 9.50. The maximum Gasteiger partial charge on any atom is 3.00 e. The van der Waals surface area contributed by atoms with E-state index in [1.807, 2.05) is 0 Å². The molecule has 14 heteroatoms. The normalized spacial score (nSPS) is 7.85. The fourth-order valence-corrected chi connectivity index (χ4v) is 0.612. The van der Waals surface area contributed by atoms with Crippen LogP contribution < -0.4 is 30.6 Å². The van der Waals surface area contributed by atoms with E-state index in [-0.39, 0.29) is 80.8 Å². The molecule has 0 saturated heterocycles. The van der Waals surface area contributed by atoms with Gasteiger partial charge >= 0.3 is 80.8 Å². The summed E-state index contributed by atoms with van der Waals surface area (Å²) >= 11 is 0. The molecular formula is C12H12O12Sm2. The molecule has 0 aromatic rings. The van der Waals surface area contributed by atoms with Gasteiger partial charge in [-0.15, -0.1) is 0 Å². The molecule has 0 saturated carbocycles. The summed E-state index contributed by atoms with van der Waals surface area (Å²) < 4.78 is 0. The SMILES string of the molecule is O=C([O-])CCC(=O)[O-].O=C([O-])CCC(=O)[O-].O=C([O-])CCC(=O)[O-].[Sm+3].[Sm+3]. The zero-order chi connectivity index (χ0) is 19.7. The average Bonchev–Trinajstić information content (AvgIpc) is 2.42. The molecular weight excluding hydrogens is 637 g/mol. The minimum absolute atomic E-state index is 0. The molecule has 0 amide bonds. The van der Waals surface area contributed by atoms with Gasteiger partial charge in [-0.25, -0.2) is 0 Å². The first-order valence-corrected chi connectivity index (χ1v) is 6.07. The molecule has 12 nitrogen and oxygen atoms in total. The third-order valence-electron chi connectivity index (χ3n) is 1.60. The van der Waals surface area contributed by atoms with Crippen LogP contribution in [0.3, 0.4) is 0 Å². The van der Waals surface area contributed by atoms with Crippen LogP contribution in [0, 0.1) is 80.8 Å². The summed E-state index contributed by atoms with van der Waals surface area (Å²) in [7, 11) is 0. The van der Waals surface area contributed by atoms with Crippen LogP contribution in [0.1, 0.15) is 38.5 Å². The van der Waals surface area contributed by atoms with Gasteiger partial charge in [0.15, 0.2) is 0 Å². The second-order valence-electron chi connectivity index (χ2n) is 3.73. The Morgan fingerprint density at radius 3 is 0.462 bits per heavy atom. The Kier molecular flexibility index (Phi) is 34.3. The summed E-state index contributed by atoms with van der Waals surface area (Å²) in [6.07, 6.45) is -2.82. The minimum Gasteiger partial charge on any atom is -0.550 e. The fraction of sp³-hybridized carbons (Fsp3) is 0.500. The molecule has 0 N–H and O–H groups in total. The molecule has 144 valence electrons. The number of aliphatic carboxylic acids is 6. The monoisotopic (exact) mass is 652 g/mol. The Bertz CT molecular complexity index is 355. The van der Waals surface area contributed by atoms with Crippen molar-refractivity contribution in [2.75, 3.05) is 0 Å². The Morgan fingerprint density at radius 1 is 0.346 bits per heavy atom. The van der Waals surface area contributed by atoms with Crippen molar-refractivity contribution in [2.24, 2.45) is 0 Å². The molecule has 0 aliphatic rings. The van der Waals surface area contributed by atoms with Gasteiger partial charge in [0.1, 0.15) is 0 Å². The van der Waals surface area contributed by atoms with Crippen molar-refractivity contribution in [2.45, 2.75) is 38.5 Å². The maximum absolute atomic E-state index is 9.50. The standard InChI is InChI=1S/3C4H6O4.2Sm/c3*5-3(6)1-2-4(7)8;;/h3*1-2H2,(H,5,6)(H,7,8);;/q;;;2*+3/p-6. The topological polar surface area (TPSA) is 241 Å². The number of hydrogen-bond donors (Lipinski definition) is 0. The zero-order valence-corrected chi connectivity index (χ0v) is 18.2. The molecule has 0 atom stereocenters. The van der Waals surface area contributed by atoms with Crippen LogP contribution in [-0.4, -0.2) is 35.8 Å². The van der Waals surface area contributed by atoms with E-state index in [1.54, 1.807) is 0 Å². The first-order valence-electron chi connectivity index (χ1n) is 6.07. The minimum atomic E-state index is -1.37. The Labute approximate surface area is 212 Å². The van der Waals surface area contributed by atoms with Gasteiger partial charge in [-0.1, -0.05) is 0 Å². The van der Waals surface area contributed by atoms with Crippen molar-refractivity contribution in [1.29, 1.82) is 0 Å². The molecule has 0 aromatic carbocycles. The van der Waals surface area contributed by atoms with Gasteiger partial charge in [0.05, 0.1) is 0 Å². The molecule has 0 unspecified atom stereocenters. The van der Waals surface area contributed by atoms with Crippen molar-refractivity contribution < 1.29 is 140 Å². The summed E-state index contributed by atoms with van der Waals surface area (Å²) in [5.74, 6) is -8.20. The first-order chi connectivity index (χ1) is 10.9. The quantitative estimate of drug-likeness (QED) is 0.226. The summed E-state index contributed by atoms with van der Waals surface area (Å²) in [5, 5.41) is 57.0. The Hall–Kier alpha value is -0.505. The number of carbonyl (C=O) groups excluding carboxylic acids is 6. The molecule has 0 rings (SSSR count). The molecule has 0 fully saturated rings. The van der Waals surface area contributed by atoms with Gasteiger partial charge in [0, 0.05) is 35.8 Å². The summed E-state index contributed by atoms with van der Waals surface area (Å²) in [6, 6.07) is 0. The van der Waals surface area contributed by atoms with Gasteiger partial charge < -0.3 is 59.4 Å². The zero-order valence-electron chi connectivity index (χ0n) is 13.0. The van der Waals surface area contributed by atoms with E-state index >= 15 is 0 Å². The van der Waals surface area contributed by atoms with Crippen LogP contribution >= 0.6 is 0 Å². The van der Waals surface area contributed by atoms with Crippen LogP contribution in [0.4, 0.5) is 0 Å². The summed E-state index contributed by atoms with van der Waals surface area (Å²) in [4.78, 5) is 57.0. The molecule has 0 aliphatic carbocycles. The molecule has 0 spiro atoms. The van der Waals surface area contributed by atoms with E-state index in [2.05, 4.69) is 0 Å². The van der Waals surface area contributed by atoms with E-state index in [0.717, 1.165) is 0 Å². The van der Waals surface area contributed by atoms with E-state index in [4.69, 9.17) is 0 Å². The first kappa shape index (κ1) is 36.4. The largest absolute Gasteiger partial charge is 3.00 e.